The number of carbonyl (C=O) groups is 1. The molecular formula is C16H24N2O3S2. The normalized spacial score (nSPS) is 25.4. The summed E-state index contributed by atoms with van der Waals surface area (Å²) in [6.45, 7) is 0.705. The van der Waals surface area contributed by atoms with E-state index in [4.69, 9.17) is 0 Å². The summed E-state index contributed by atoms with van der Waals surface area (Å²) in [7, 11) is -2.06. The van der Waals surface area contributed by atoms with Crippen molar-refractivity contribution in [2.45, 2.75) is 48.8 Å². The first-order valence-corrected chi connectivity index (χ1v) is 10.6. The van der Waals surface area contributed by atoms with E-state index < -0.39 is 10.0 Å². The molecule has 2 atom stereocenters. The lowest BCUT2D eigenvalue weighted by molar-refractivity contribution is -0.137. The Morgan fingerprint density at radius 2 is 2.04 bits per heavy atom. The van der Waals surface area contributed by atoms with Crippen LogP contribution in [0.5, 0.6) is 0 Å². The lowest BCUT2D eigenvalue weighted by Gasteiger charge is -2.44. The molecule has 1 aliphatic heterocycles. The average molecular weight is 357 g/mol. The first-order valence-electron chi connectivity index (χ1n) is 8.29. The molecule has 0 bridgehead atoms. The summed E-state index contributed by atoms with van der Waals surface area (Å²) in [6.07, 6.45) is 6.95. The Morgan fingerprint density at radius 3 is 2.78 bits per heavy atom. The van der Waals surface area contributed by atoms with E-state index in [2.05, 4.69) is 0 Å². The Balaban J connectivity index is 1.68. The van der Waals surface area contributed by atoms with Crippen LogP contribution in [0.25, 0.3) is 0 Å². The molecule has 1 aromatic rings. The zero-order valence-electron chi connectivity index (χ0n) is 13.5. The minimum absolute atomic E-state index is 0.0516. The van der Waals surface area contributed by atoms with Gasteiger partial charge < -0.3 is 4.90 Å². The van der Waals surface area contributed by atoms with Crippen LogP contribution < -0.4 is 0 Å². The molecule has 5 nitrogen and oxygen atoms in total. The second kappa shape index (κ2) is 6.91. The summed E-state index contributed by atoms with van der Waals surface area (Å²) in [6, 6.07) is 3.62. The smallest absolute Gasteiger partial charge is 0.252 e. The quantitative estimate of drug-likeness (QED) is 0.833. The summed E-state index contributed by atoms with van der Waals surface area (Å²) in [5.74, 6) is 0.560. The first-order chi connectivity index (χ1) is 11.0. The topological polar surface area (TPSA) is 57.7 Å². The van der Waals surface area contributed by atoms with E-state index in [0.29, 0.717) is 16.2 Å². The zero-order chi connectivity index (χ0) is 16.4. The van der Waals surface area contributed by atoms with Gasteiger partial charge in [-0.25, -0.2) is 8.42 Å². The monoisotopic (exact) mass is 356 g/mol. The number of thiophene rings is 1. The van der Waals surface area contributed by atoms with Crippen molar-refractivity contribution >= 4 is 27.3 Å². The van der Waals surface area contributed by atoms with E-state index in [-0.39, 0.29) is 12.5 Å². The number of hydrogen-bond acceptors (Lipinski definition) is 4. The highest BCUT2D eigenvalue weighted by atomic mass is 32.2. The fourth-order valence-corrected chi connectivity index (χ4v) is 6.19. The van der Waals surface area contributed by atoms with Crippen LogP contribution in [0.4, 0.5) is 0 Å². The molecule has 2 aliphatic rings. The second-order valence-electron chi connectivity index (χ2n) is 6.53. The molecule has 0 aromatic carbocycles. The number of carbonyl (C=O) groups excluding carboxylic acids is 1. The molecule has 1 amide bonds. The number of rotatable bonds is 4. The third kappa shape index (κ3) is 3.46. The third-order valence-corrected chi connectivity index (χ3v) is 8.26. The number of piperidine rings is 1. The molecule has 1 aromatic heterocycles. The van der Waals surface area contributed by atoms with Crippen molar-refractivity contribution in [2.75, 3.05) is 20.1 Å². The minimum atomic E-state index is -3.55. The number of sulfonamides is 1. The summed E-state index contributed by atoms with van der Waals surface area (Å²) in [5.41, 5.74) is 0. The number of likely N-dealkylation sites (N-methyl/N-ethyl adjacent to an activating group) is 1. The number of hydrogen-bond donors (Lipinski definition) is 0. The van der Waals surface area contributed by atoms with Gasteiger partial charge in [0, 0.05) is 19.6 Å². The van der Waals surface area contributed by atoms with Crippen molar-refractivity contribution in [2.24, 2.45) is 5.92 Å². The van der Waals surface area contributed by atoms with Crippen molar-refractivity contribution < 1.29 is 13.2 Å². The van der Waals surface area contributed by atoms with Gasteiger partial charge in [-0.3, -0.25) is 4.79 Å². The van der Waals surface area contributed by atoms with E-state index in [9.17, 15) is 13.2 Å². The van der Waals surface area contributed by atoms with Gasteiger partial charge in [0.2, 0.25) is 5.91 Å². The van der Waals surface area contributed by atoms with Gasteiger partial charge in [0.15, 0.2) is 0 Å². The molecule has 23 heavy (non-hydrogen) atoms. The summed E-state index contributed by atoms with van der Waals surface area (Å²) in [5, 5.41) is 1.74. The number of nitrogens with zero attached hydrogens (tertiary/aromatic N) is 2. The summed E-state index contributed by atoms with van der Waals surface area (Å²) < 4.78 is 26.4. The SMILES string of the molecule is CN(CC(=O)N1CCCC2CCCCC21)S(=O)(=O)c1cccs1. The molecule has 1 aliphatic carbocycles. The molecule has 1 saturated heterocycles. The number of fused-ring (bicyclic) bond motifs is 1. The molecule has 2 fully saturated rings. The lowest BCUT2D eigenvalue weighted by atomic mass is 9.78. The van der Waals surface area contributed by atoms with Crippen LogP contribution in [0.1, 0.15) is 38.5 Å². The standard InChI is InChI=1S/C16H24N2O3S2/c1-17(23(20,21)16-9-5-11-22-16)12-15(19)18-10-4-7-13-6-2-3-8-14(13)18/h5,9,11,13-14H,2-4,6-8,10,12H2,1H3. The van der Waals surface area contributed by atoms with Gasteiger partial charge in [-0.1, -0.05) is 18.9 Å². The molecule has 7 heteroatoms. The molecule has 1 saturated carbocycles. The molecule has 2 heterocycles. The molecule has 128 valence electrons. The second-order valence-corrected chi connectivity index (χ2v) is 9.75. The first kappa shape index (κ1) is 16.9. The van der Waals surface area contributed by atoms with E-state index in [1.54, 1.807) is 17.5 Å². The molecule has 2 unspecified atom stereocenters. The van der Waals surface area contributed by atoms with Gasteiger partial charge in [-0.2, -0.15) is 4.31 Å². The van der Waals surface area contributed by atoms with Crippen LogP contribution in [0.15, 0.2) is 21.7 Å². The Kier molecular flexibility index (Phi) is 5.08. The Morgan fingerprint density at radius 1 is 1.30 bits per heavy atom. The van der Waals surface area contributed by atoms with E-state index in [1.165, 1.54) is 48.4 Å². The van der Waals surface area contributed by atoms with Gasteiger partial charge in [0.1, 0.15) is 4.21 Å². The van der Waals surface area contributed by atoms with Crippen LogP contribution in [-0.4, -0.2) is 49.7 Å². The van der Waals surface area contributed by atoms with Gasteiger partial charge >= 0.3 is 0 Å². The molecule has 0 radical (unpaired) electrons. The Bertz CT molecular complexity index is 640. The number of likely N-dealkylation sites (tertiary alicyclic amines) is 1. The van der Waals surface area contributed by atoms with Gasteiger partial charge in [-0.05, 0) is 43.0 Å². The fraction of sp³-hybridized carbons (Fsp3) is 0.688. The Labute approximate surface area is 142 Å². The summed E-state index contributed by atoms with van der Waals surface area (Å²) in [4.78, 5) is 14.7. The molecule has 3 rings (SSSR count). The average Bonchev–Trinajstić information content (AvgIpc) is 3.09. The van der Waals surface area contributed by atoms with Crippen LogP contribution in [0.3, 0.4) is 0 Å². The highest BCUT2D eigenvalue weighted by Gasteiger charge is 2.36. The van der Waals surface area contributed by atoms with Crippen LogP contribution in [-0.2, 0) is 14.8 Å². The minimum Gasteiger partial charge on any atom is -0.338 e. The maximum absolute atomic E-state index is 12.7. The van der Waals surface area contributed by atoms with E-state index >= 15 is 0 Å². The highest BCUT2D eigenvalue weighted by Crippen LogP contribution is 2.35. The van der Waals surface area contributed by atoms with E-state index in [0.717, 1.165) is 19.4 Å². The van der Waals surface area contributed by atoms with Crippen molar-refractivity contribution in [3.63, 3.8) is 0 Å². The van der Waals surface area contributed by atoms with Crippen molar-refractivity contribution in [1.82, 2.24) is 9.21 Å². The Hall–Kier alpha value is -0.920. The number of amides is 1. The maximum Gasteiger partial charge on any atom is 0.252 e. The van der Waals surface area contributed by atoms with Crippen LogP contribution in [0, 0.1) is 5.92 Å². The molecule has 0 N–H and O–H groups in total. The lowest BCUT2D eigenvalue weighted by Crippen LogP contribution is -2.52. The molecule has 0 spiro atoms. The van der Waals surface area contributed by atoms with Crippen molar-refractivity contribution in [3.8, 4) is 0 Å². The highest BCUT2D eigenvalue weighted by molar-refractivity contribution is 7.91. The fourth-order valence-electron chi connectivity index (χ4n) is 3.86. The van der Waals surface area contributed by atoms with E-state index in [1.807, 2.05) is 4.90 Å². The summed E-state index contributed by atoms with van der Waals surface area (Å²) >= 11 is 1.18. The zero-order valence-corrected chi connectivity index (χ0v) is 15.1. The van der Waals surface area contributed by atoms with Crippen molar-refractivity contribution in [1.29, 1.82) is 0 Å². The predicted octanol–water partition coefficient (Wildman–Crippen LogP) is 2.55. The van der Waals surface area contributed by atoms with Gasteiger partial charge in [0.05, 0.1) is 6.54 Å². The van der Waals surface area contributed by atoms with Crippen LogP contribution in [0.2, 0.25) is 0 Å². The molecular weight excluding hydrogens is 332 g/mol. The van der Waals surface area contributed by atoms with Crippen molar-refractivity contribution in [3.05, 3.63) is 17.5 Å². The largest absolute Gasteiger partial charge is 0.338 e. The van der Waals surface area contributed by atoms with Gasteiger partial charge in [-0.15, -0.1) is 11.3 Å². The van der Waals surface area contributed by atoms with Gasteiger partial charge in [0.25, 0.3) is 10.0 Å². The maximum atomic E-state index is 12.7. The predicted molar refractivity (Wildman–Crippen MR) is 90.8 cm³/mol. The third-order valence-electron chi connectivity index (χ3n) is 5.08. The van der Waals surface area contributed by atoms with Crippen LogP contribution >= 0.6 is 11.3 Å².